The zero-order valence-corrected chi connectivity index (χ0v) is 21.8. The van der Waals surface area contributed by atoms with Gasteiger partial charge in [0, 0.05) is 0 Å². The Morgan fingerprint density at radius 1 is 0.806 bits per heavy atom. The van der Waals surface area contributed by atoms with Crippen LogP contribution in [0.1, 0.15) is 119 Å². The summed E-state index contributed by atoms with van der Waals surface area (Å²) in [5.74, 6) is 5.82. The maximum Gasteiger partial charge on any atom is 0.0568 e. The summed E-state index contributed by atoms with van der Waals surface area (Å²) in [7, 11) is 0. The SMILES string of the molecule is CC(C)[C@H](C)CC[C@@H](C)[C@H]1CC[C@@]2(C)[C@H]3CC[C@@H]4[C@H](C)[C@@H](O)CC[C@@]45C[C@]35CC[C@]12C. The molecule has 11 atom stereocenters. The van der Waals surface area contributed by atoms with Gasteiger partial charge in [-0.05, 0) is 121 Å². The molecule has 0 saturated heterocycles. The van der Waals surface area contributed by atoms with Crippen molar-refractivity contribution >= 4 is 0 Å². The van der Waals surface area contributed by atoms with Crippen molar-refractivity contribution in [3.05, 3.63) is 0 Å². The highest BCUT2D eigenvalue weighted by Gasteiger charge is 2.81. The fraction of sp³-hybridized carbons (Fsp3) is 1.00. The standard InChI is InChI=1S/C30H52O/c1-19(2)20(3)8-9-21(4)23-12-14-28(7)26-11-10-24-22(5)25(31)13-15-29(24)18-30(26,29)17-16-27(23,28)6/h19-26,31H,8-18H2,1-7H3/t20-,21-,22+,23-,24-,25+,26-,27-,28+,29-,30-/m1/s1. The molecule has 0 aliphatic heterocycles. The van der Waals surface area contributed by atoms with Crippen LogP contribution in [0, 0.1) is 63.1 Å². The summed E-state index contributed by atoms with van der Waals surface area (Å²) >= 11 is 0. The van der Waals surface area contributed by atoms with Gasteiger partial charge in [-0.3, -0.25) is 0 Å². The Balaban J connectivity index is 1.37. The molecule has 1 nitrogen and oxygen atoms in total. The Morgan fingerprint density at radius 3 is 2.26 bits per heavy atom. The van der Waals surface area contributed by atoms with Crippen LogP contribution >= 0.6 is 0 Å². The number of aliphatic hydroxyl groups is 1. The Morgan fingerprint density at radius 2 is 1.55 bits per heavy atom. The summed E-state index contributed by atoms with van der Waals surface area (Å²) in [5, 5.41) is 10.6. The Bertz CT molecular complexity index is 699. The first-order chi connectivity index (χ1) is 14.5. The molecule has 0 aromatic carbocycles. The van der Waals surface area contributed by atoms with E-state index in [0.29, 0.717) is 27.6 Å². The largest absolute Gasteiger partial charge is 0.393 e. The van der Waals surface area contributed by atoms with Gasteiger partial charge in [0.1, 0.15) is 0 Å². The van der Waals surface area contributed by atoms with Crippen molar-refractivity contribution in [2.45, 2.75) is 125 Å². The average molecular weight is 429 g/mol. The van der Waals surface area contributed by atoms with Crippen molar-refractivity contribution in [3.8, 4) is 0 Å². The van der Waals surface area contributed by atoms with Crippen molar-refractivity contribution in [2.24, 2.45) is 63.1 Å². The zero-order chi connectivity index (χ0) is 22.4. The van der Waals surface area contributed by atoms with Gasteiger partial charge in [-0.1, -0.05) is 61.3 Å². The summed E-state index contributed by atoms with van der Waals surface area (Å²) in [6.07, 6.45) is 15.6. The maximum atomic E-state index is 10.6. The smallest absolute Gasteiger partial charge is 0.0568 e. The molecule has 0 heterocycles. The molecule has 0 amide bonds. The van der Waals surface area contributed by atoms with E-state index in [1.807, 2.05) is 0 Å². The second-order valence-corrected chi connectivity index (χ2v) is 14.4. The first-order valence-corrected chi connectivity index (χ1v) is 14.2. The van der Waals surface area contributed by atoms with Gasteiger partial charge in [0.2, 0.25) is 0 Å². The van der Waals surface area contributed by atoms with E-state index in [2.05, 4.69) is 48.5 Å². The lowest BCUT2D eigenvalue weighted by atomic mass is 9.43. The molecule has 5 aliphatic carbocycles. The molecule has 5 saturated carbocycles. The molecule has 0 aromatic rings. The molecule has 0 unspecified atom stereocenters. The molecule has 178 valence electrons. The van der Waals surface area contributed by atoms with Crippen molar-refractivity contribution in [3.63, 3.8) is 0 Å². The molecule has 31 heavy (non-hydrogen) atoms. The molecule has 0 bridgehead atoms. The highest BCUT2D eigenvalue weighted by molar-refractivity contribution is 5.29. The quantitative estimate of drug-likeness (QED) is 0.469. The van der Waals surface area contributed by atoms with E-state index in [1.54, 1.807) is 0 Å². The van der Waals surface area contributed by atoms with Crippen molar-refractivity contribution in [1.29, 1.82) is 0 Å². The Labute approximate surface area is 193 Å². The molecule has 5 aliphatic rings. The average Bonchev–Trinajstić information content (AvgIpc) is 3.31. The van der Waals surface area contributed by atoms with Gasteiger partial charge in [-0.2, -0.15) is 0 Å². The summed E-state index contributed by atoms with van der Waals surface area (Å²) in [6.45, 7) is 17.8. The summed E-state index contributed by atoms with van der Waals surface area (Å²) in [4.78, 5) is 0. The minimum absolute atomic E-state index is 0.0285. The highest BCUT2D eigenvalue weighted by atomic mass is 16.3. The number of aliphatic hydroxyl groups excluding tert-OH is 1. The van der Waals surface area contributed by atoms with E-state index < -0.39 is 0 Å². The van der Waals surface area contributed by atoms with Crippen LogP contribution in [0.5, 0.6) is 0 Å². The predicted molar refractivity (Wildman–Crippen MR) is 131 cm³/mol. The lowest BCUT2D eigenvalue weighted by Gasteiger charge is -2.62. The Kier molecular flexibility index (Phi) is 5.30. The van der Waals surface area contributed by atoms with Gasteiger partial charge in [-0.15, -0.1) is 0 Å². The second kappa shape index (κ2) is 7.23. The Hall–Kier alpha value is -0.0400. The molecule has 1 heteroatoms. The minimum atomic E-state index is -0.0285. The van der Waals surface area contributed by atoms with Gasteiger partial charge >= 0.3 is 0 Å². The summed E-state index contributed by atoms with van der Waals surface area (Å²) in [6, 6.07) is 0. The maximum absolute atomic E-state index is 10.6. The fourth-order valence-corrected chi connectivity index (χ4v) is 11.0. The third-order valence-electron chi connectivity index (χ3n) is 13.6. The van der Waals surface area contributed by atoms with Gasteiger partial charge in [-0.25, -0.2) is 0 Å². The topological polar surface area (TPSA) is 20.2 Å². The molecule has 1 N–H and O–H groups in total. The van der Waals surface area contributed by atoms with E-state index in [0.717, 1.165) is 41.9 Å². The second-order valence-electron chi connectivity index (χ2n) is 14.4. The van der Waals surface area contributed by atoms with Crippen molar-refractivity contribution in [1.82, 2.24) is 0 Å². The number of hydrogen-bond donors (Lipinski definition) is 1. The number of fused-ring (bicyclic) bond motifs is 2. The predicted octanol–water partition coefficient (Wildman–Crippen LogP) is 8.10. The van der Waals surface area contributed by atoms with E-state index in [-0.39, 0.29) is 6.10 Å². The lowest BCUT2D eigenvalue weighted by Crippen LogP contribution is -2.55. The van der Waals surface area contributed by atoms with Crippen LogP contribution in [0.15, 0.2) is 0 Å². The van der Waals surface area contributed by atoms with E-state index in [9.17, 15) is 5.11 Å². The van der Waals surface area contributed by atoms with Gasteiger partial charge in [0.25, 0.3) is 0 Å². The number of hydrogen-bond acceptors (Lipinski definition) is 1. The van der Waals surface area contributed by atoms with Crippen LogP contribution in [0.3, 0.4) is 0 Å². The molecular weight excluding hydrogens is 376 g/mol. The van der Waals surface area contributed by atoms with Crippen LogP contribution in [0.2, 0.25) is 0 Å². The summed E-state index contributed by atoms with van der Waals surface area (Å²) in [5.41, 5.74) is 2.39. The van der Waals surface area contributed by atoms with Gasteiger partial charge in [0.05, 0.1) is 6.10 Å². The number of rotatable bonds is 5. The lowest BCUT2D eigenvalue weighted by molar-refractivity contribution is -0.143. The van der Waals surface area contributed by atoms with E-state index in [4.69, 9.17) is 0 Å². The van der Waals surface area contributed by atoms with Crippen molar-refractivity contribution in [2.75, 3.05) is 0 Å². The first-order valence-electron chi connectivity index (χ1n) is 14.2. The molecule has 5 fully saturated rings. The van der Waals surface area contributed by atoms with Gasteiger partial charge < -0.3 is 5.11 Å². The molecule has 0 aromatic heterocycles. The normalized spacial score (nSPS) is 55.1. The summed E-state index contributed by atoms with van der Waals surface area (Å²) < 4.78 is 0. The third kappa shape index (κ3) is 2.83. The molecule has 2 spiro atoms. The first kappa shape index (κ1) is 22.7. The van der Waals surface area contributed by atoms with E-state index >= 15 is 0 Å². The van der Waals surface area contributed by atoms with Gasteiger partial charge in [0.15, 0.2) is 0 Å². The van der Waals surface area contributed by atoms with Crippen LogP contribution in [0.25, 0.3) is 0 Å². The molecule has 5 rings (SSSR count). The fourth-order valence-electron chi connectivity index (χ4n) is 11.0. The zero-order valence-electron chi connectivity index (χ0n) is 21.8. The van der Waals surface area contributed by atoms with Crippen LogP contribution in [0.4, 0.5) is 0 Å². The highest BCUT2D eigenvalue weighted by Crippen LogP contribution is 2.88. The monoisotopic (exact) mass is 428 g/mol. The minimum Gasteiger partial charge on any atom is -0.393 e. The molecular formula is C30H52O. The van der Waals surface area contributed by atoms with Crippen LogP contribution in [-0.2, 0) is 0 Å². The van der Waals surface area contributed by atoms with Crippen molar-refractivity contribution < 1.29 is 5.11 Å². The van der Waals surface area contributed by atoms with E-state index in [1.165, 1.54) is 64.2 Å². The molecule has 0 radical (unpaired) electrons. The van der Waals surface area contributed by atoms with Crippen LogP contribution in [-0.4, -0.2) is 11.2 Å². The van der Waals surface area contributed by atoms with Crippen LogP contribution < -0.4 is 0 Å². The third-order valence-corrected chi connectivity index (χ3v) is 13.6.